The van der Waals surface area contributed by atoms with Crippen LogP contribution in [-0.4, -0.2) is 11.5 Å². The van der Waals surface area contributed by atoms with E-state index in [-0.39, 0.29) is 0 Å². The van der Waals surface area contributed by atoms with Gasteiger partial charge in [0.05, 0.1) is 0 Å². The number of hydrogen-bond donors (Lipinski definition) is 1. The summed E-state index contributed by atoms with van der Waals surface area (Å²) in [5.41, 5.74) is 8.44. The average molecular weight is 190 g/mol. The highest BCUT2D eigenvalue weighted by atomic mass is 16.3. The van der Waals surface area contributed by atoms with Crippen LogP contribution in [0.5, 0.6) is 0 Å². The molecule has 2 aromatic rings. The zero-order valence-corrected chi connectivity index (χ0v) is 8.29. The summed E-state index contributed by atoms with van der Waals surface area (Å²) in [6.07, 6.45) is 1.75. The Morgan fingerprint density at radius 3 is 3.07 bits per heavy atom. The second-order valence-corrected chi connectivity index (χ2v) is 3.47. The minimum Gasteiger partial charge on any atom is -0.441 e. The average Bonchev–Trinajstić information content (AvgIpc) is 2.56. The van der Waals surface area contributed by atoms with E-state index in [0.29, 0.717) is 6.54 Å². The maximum atomic E-state index is 5.56. The molecule has 0 atom stereocenters. The Morgan fingerprint density at radius 2 is 2.29 bits per heavy atom. The second kappa shape index (κ2) is 3.80. The predicted molar refractivity (Wildman–Crippen MR) is 56.1 cm³/mol. The van der Waals surface area contributed by atoms with Crippen LogP contribution >= 0.6 is 0 Å². The number of oxazole rings is 1. The first-order chi connectivity index (χ1) is 6.79. The molecule has 0 aliphatic rings. The van der Waals surface area contributed by atoms with E-state index in [1.54, 1.807) is 0 Å². The van der Waals surface area contributed by atoms with Crippen molar-refractivity contribution in [3.05, 3.63) is 29.7 Å². The lowest BCUT2D eigenvalue weighted by Gasteiger charge is -1.89. The molecule has 3 nitrogen and oxygen atoms in total. The van der Waals surface area contributed by atoms with Crippen molar-refractivity contribution in [1.82, 2.24) is 4.98 Å². The van der Waals surface area contributed by atoms with Gasteiger partial charge in [-0.2, -0.15) is 0 Å². The monoisotopic (exact) mass is 190 g/mol. The Labute approximate surface area is 82.9 Å². The smallest absolute Gasteiger partial charge is 0.195 e. The molecule has 0 radical (unpaired) electrons. The number of aryl methyl sites for hydroxylation is 2. The Kier molecular flexibility index (Phi) is 2.50. The Morgan fingerprint density at radius 1 is 1.43 bits per heavy atom. The lowest BCUT2D eigenvalue weighted by molar-refractivity contribution is 0.521. The van der Waals surface area contributed by atoms with Gasteiger partial charge in [-0.05, 0) is 37.6 Å². The molecule has 1 aromatic carbocycles. The molecule has 14 heavy (non-hydrogen) atoms. The van der Waals surface area contributed by atoms with Gasteiger partial charge < -0.3 is 10.2 Å². The molecule has 0 bridgehead atoms. The van der Waals surface area contributed by atoms with Gasteiger partial charge in [-0.15, -0.1) is 0 Å². The van der Waals surface area contributed by atoms with Gasteiger partial charge >= 0.3 is 0 Å². The second-order valence-electron chi connectivity index (χ2n) is 3.47. The summed E-state index contributed by atoms with van der Waals surface area (Å²) < 4.78 is 5.56. The third kappa shape index (κ3) is 1.77. The van der Waals surface area contributed by atoms with Crippen LogP contribution in [-0.2, 0) is 6.42 Å². The Balaban J connectivity index is 2.32. The van der Waals surface area contributed by atoms with Crippen LogP contribution in [0.25, 0.3) is 11.1 Å². The number of benzene rings is 1. The maximum absolute atomic E-state index is 5.56. The number of fused-ring (bicyclic) bond motifs is 1. The Hall–Kier alpha value is -1.35. The van der Waals surface area contributed by atoms with E-state index in [4.69, 9.17) is 10.2 Å². The van der Waals surface area contributed by atoms with Crippen molar-refractivity contribution in [1.29, 1.82) is 0 Å². The number of nitrogens with zero attached hydrogens (tertiary/aromatic N) is 1. The molecule has 1 aromatic heterocycles. The van der Waals surface area contributed by atoms with Crippen LogP contribution in [0.2, 0.25) is 0 Å². The summed E-state index contributed by atoms with van der Waals surface area (Å²) in [6.45, 7) is 2.73. The summed E-state index contributed by atoms with van der Waals surface area (Å²) in [5, 5.41) is 0. The lowest BCUT2D eigenvalue weighted by Crippen LogP contribution is -2.00. The van der Waals surface area contributed by atoms with Crippen molar-refractivity contribution < 1.29 is 4.42 Å². The first-order valence-corrected chi connectivity index (χ1v) is 4.86. The van der Waals surface area contributed by atoms with Gasteiger partial charge in [-0.3, -0.25) is 0 Å². The molecular formula is C11H14N2O. The highest BCUT2D eigenvalue weighted by Gasteiger charge is 2.04. The topological polar surface area (TPSA) is 52.0 Å². The lowest BCUT2D eigenvalue weighted by atomic mass is 10.2. The summed E-state index contributed by atoms with van der Waals surface area (Å²) in [4.78, 5) is 4.39. The van der Waals surface area contributed by atoms with Crippen molar-refractivity contribution in [2.45, 2.75) is 19.8 Å². The fourth-order valence-corrected chi connectivity index (χ4v) is 1.45. The normalized spacial score (nSPS) is 11.0. The summed E-state index contributed by atoms with van der Waals surface area (Å²) in [6, 6.07) is 6.02. The largest absolute Gasteiger partial charge is 0.441 e. The fraction of sp³-hybridized carbons (Fsp3) is 0.364. The quantitative estimate of drug-likeness (QED) is 0.805. The van der Waals surface area contributed by atoms with E-state index >= 15 is 0 Å². The number of hydrogen-bond acceptors (Lipinski definition) is 3. The molecule has 0 fully saturated rings. The van der Waals surface area contributed by atoms with E-state index < -0.39 is 0 Å². The molecule has 0 saturated carbocycles. The zero-order valence-electron chi connectivity index (χ0n) is 8.29. The molecule has 0 aliphatic heterocycles. The molecule has 0 amide bonds. The zero-order chi connectivity index (χ0) is 9.97. The van der Waals surface area contributed by atoms with Crippen molar-refractivity contribution in [2.24, 2.45) is 5.73 Å². The molecule has 74 valence electrons. The highest BCUT2D eigenvalue weighted by molar-refractivity contribution is 5.73. The molecule has 3 heteroatoms. The van der Waals surface area contributed by atoms with E-state index in [1.165, 1.54) is 5.56 Å². The summed E-state index contributed by atoms with van der Waals surface area (Å²) >= 11 is 0. The molecular weight excluding hydrogens is 176 g/mol. The van der Waals surface area contributed by atoms with Crippen LogP contribution in [0.15, 0.2) is 22.6 Å². The fourth-order valence-electron chi connectivity index (χ4n) is 1.45. The Bertz CT molecular complexity index is 434. The van der Waals surface area contributed by atoms with Gasteiger partial charge in [0.1, 0.15) is 5.52 Å². The number of nitrogens with two attached hydrogens (primary N) is 1. The SMILES string of the molecule is Cc1ccc2oc(CCCN)nc2c1. The van der Waals surface area contributed by atoms with Crippen molar-refractivity contribution in [3.63, 3.8) is 0 Å². The molecule has 0 aliphatic carbocycles. The molecule has 0 saturated heterocycles. The van der Waals surface area contributed by atoms with Gasteiger partial charge in [0.15, 0.2) is 11.5 Å². The van der Waals surface area contributed by atoms with Crippen LogP contribution in [0.1, 0.15) is 17.9 Å². The first kappa shape index (κ1) is 9.21. The van der Waals surface area contributed by atoms with E-state index in [2.05, 4.69) is 4.98 Å². The maximum Gasteiger partial charge on any atom is 0.195 e. The first-order valence-electron chi connectivity index (χ1n) is 4.86. The minimum absolute atomic E-state index is 0.678. The van der Waals surface area contributed by atoms with Gasteiger partial charge in [-0.1, -0.05) is 6.07 Å². The summed E-state index contributed by atoms with van der Waals surface area (Å²) in [7, 11) is 0. The molecule has 1 heterocycles. The van der Waals surface area contributed by atoms with Gasteiger partial charge in [0, 0.05) is 6.42 Å². The van der Waals surface area contributed by atoms with E-state index in [1.807, 2.05) is 25.1 Å². The van der Waals surface area contributed by atoms with Crippen molar-refractivity contribution in [3.8, 4) is 0 Å². The molecule has 2 rings (SSSR count). The van der Waals surface area contributed by atoms with E-state index in [9.17, 15) is 0 Å². The molecule has 0 unspecified atom stereocenters. The molecule has 0 spiro atoms. The highest BCUT2D eigenvalue weighted by Crippen LogP contribution is 2.17. The third-order valence-corrected chi connectivity index (χ3v) is 2.18. The van der Waals surface area contributed by atoms with Gasteiger partial charge in [-0.25, -0.2) is 4.98 Å². The van der Waals surface area contributed by atoms with Crippen LogP contribution in [0.3, 0.4) is 0 Å². The minimum atomic E-state index is 0.678. The van der Waals surface area contributed by atoms with Crippen LogP contribution in [0, 0.1) is 6.92 Å². The predicted octanol–water partition coefficient (Wildman–Crippen LogP) is 2.03. The van der Waals surface area contributed by atoms with Crippen LogP contribution < -0.4 is 5.73 Å². The van der Waals surface area contributed by atoms with Crippen LogP contribution in [0.4, 0.5) is 0 Å². The summed E-state index contributed by atoms with van der Waals surface area (Å²) in [5.74, 6) is 0.788. The third-order valence-electron chi connectivity index (χ3n) is 2.18. The standard InChI is InChI=1S/C11H14N2O/c1-8-4-5-10-9(7-8)13-11(14-10)3-2-6-12/h4-5,7H,2-3,6,12H2,1H3. The van der Waals surface area contributed by atoms with Gasteiger partial charge in [0.2, 0.25) is 0 Å². The van der Waals surface area contributed by atoms with Crippen molar-refractivity contribution >= 4 is 11.1 Å². The number of rotatable bonds is 3. The van der Waals surface area contributed by atoms with E-state index in [0.717, 1.165) is 29.8 Å². The van der Waals surface area contributed by atoms with Crippen molar-refractivity contribution in [2.75, 3.05) is 6.54 Å². The number of aromatic nitrogens is 1. The molecule has 2 N–H and O–H groups in total. The van der Waals surface area contributed by atoms with Gasteiger partial charge in [0.25, 0.3) is 0 Å².